The molecule has 3 nitrogen and oxygen atoms in total. The molecule has 1 N–H and O–H groups in total. The average molecular weight is 280 g/mol. The van der Waals surface area contributed by atoms with Crippen molar-refractivity contribution < 1.29 is 4.74 Å². The number of nitrogens with one attached hydrogen (secondary N) is 1. The molecule has 1 atom stereocenters. The van der Waals surface area contributed by atoms with E-state index in [9.17, 15) is 5.26 Å². The van der Waals surface area contributed by atoms with E-state index in [1.807, 2.05) is 30.3 Å². The van der Waals surface area contributed by atoms with Crippen molar-refractivity contribution in [2.75, 3.05) is 11.9 Å². The number of anilines is 1. The summed E-state index contributed by atoms with van der Waals surface area (Å²) in [5.41, 5.74) is 1.76. The number of hydrogen-bond donors (Lipinski definition) is 1. The van der Waals surface area contributed by atoms with Gasteiger partial charge in [0.15, 0.2) is 0 Å². The highest BCUT2D eigenvalue weighted by Gasteiger charge is 2.28. The molecule has 1 aliphatic heterocycles. The third-order valence-electron chi connectivity index (χ3n) is 4.10. The lowest BCUT2D eigenvalue weighted by molar-refractivity contribution is -0.0553. The Hall–Kier alpha value is -2.05. The molecule has 0 aliphatic carbocycles. The first kappa shape index (κ1) is 13.9. The predicted molar refractivity (Wildman–Crippen MR) is 85.3 cm³/mol. The Bertz CT molecular complexity index is 700. The zero-order valence-corrected chi connectivity index (χ0v) is 12.5. The minimum Gasteiger partial charge on any atom is -0.382 e. The average Bonchev–Trinajstić information content (AvgIpc) is 2.47. The molecule has 1 fully saturated rings. The maximum Gasteiger partial charge on any atom is 0.0998 e. The van der Waals surface area contributed by atoms with Gasteiger partial charge in [-0.2, -0.15) is 5.26 Å². The zero-order valence-electron chi connectivity index (χ0n) is 12.5. The summed E-state index contributed by atoms with van der Waals surface area (Å²) in [6.07, 6.45) is 2.00. The van der Waals surface area contributed by atoms with Crippen LogP contribution >= 0.6 is 0 Å². The highest BCUT2D eigenvalue weighted by molar-refractivity contribution is 5.97. The van der Waals surface area contributed by atoms with E-state index in [-0.39, 0.29) is 5.60 Å². The quantitative estimate of drug-likeness (QED) is 0.901. The van der Waals surface area contributed by atoms with Crippen molar-refractivity contribution in [3.63, 3.8) is 0 Å². The van der Waals surface area contributed by atoms with Crippen molar-refractivity contribution in [3.8, 4) is 6.07 Å². The lowest BCUT2D eigenvalue weighted by atomic mass is 9.93. The Kier molecular flexibility index (Phi) is 3.57. The van der Waals surface area contributed by atoms with Gasteiger partial charge in [0, 0.05) is 29.1 Å². The summed E-state index contributed by atoms with van der Waals surface area (Å²) in [5.74, 6) is 0. The Morgan fingerprint density at radius 3 is 2.67 bits per heavy atom. The SMILES string of the molecule is CC1(C)CC(Nc2ccc(C#N)c3ccccc23)CCO1. The van der Waals surface area contributed by atoms with Crippen molar-refractivity contribution in [3.05, 3.63) is 42.0 Å². The molecule has 0 saturated carbocycles. The summed E-state index contributed by atoms with van der Waals surface area (Å²) >= 11 is 0. The van der Waals surface area contributed by atoms with Crippen LogP contribution in [-0.4, -0.2) is 18.2 Å². The van der Waals surface area contributed by atoms with Crippen LogP contribution in [0.5, 0.6) is 0 Å². The lowest BCUT2D eigenvalue weighted by Crippen LogP contribution is -2.40. The van der Waals surface area contributed by atoms with Crippen LogP contribution in [0.25, 0.3) is 10.8 Å². The Balaban J connectivity index is 1.93. The third-order valence-corrected chi connectivity index (χ3v) is 4.10. The van der Waals surface area contributed by atoms with Crippen molar-refractivity contribution in [2.24, 2.45) is 0 Å². The molecule has 108 valence electrons. The van der Waals surface area contributed by atoms with Crippen LogP contribution in [0.15, 0.2) is 36.4 Å². The van der Waals surface area contributed by atoms with Crippen molar-refractivity contribution in [1.29, 1.82) is 5.26 Å². The van der Waals surface area contributed by atoms with Crippen molar-refractivity contribution >= 4 is 16.5 Å². The standard InChI is InChI=1S/C18H20N2O/c1-18(2)11-14(9-10-21-18)20-17-8-7-13(12-19)15-5-3-4-6-16(15)17/h3-8,14,20H,9-11H2,1-2H3. The summed E-state index contributed by atoms with van der Waals surface area (Å²) in [6, 6.07) is 14.7. The van der Waals surface area contributed by atoms with Gasteiger partial charge in [0.25, 0.3) is 0 Å². The molecule has 1 aliphatic rings. The summed E-state index contributed by atoms with van der Waals surface area (Å²) in [7, 11) is 0. The van der Waals surface area contributed by atoms with E-state index >= 15 is 0 Å². The lowest BCUT2D eigenvalue weighted by Gasteiger charge is -2.36. The Labute approximate surface area is 125 Å². The second-order valence-corrected chi connectivity index (χ2v) is 6.26. The van der Waals surface area contributed by atoms with E-state index in [4.69, 9.17) is 4.74 Å². The molecule has 2 aromatic rings. The second-order valence-electron chi connectivity index (χ2n) is 6.26. The summed E-state index contributed by atoms with van der Waals surface area (Å²) in [5, 5.41) is 15.0. The number of hydrogen-bond acceptors (Lipinski definition) is 3. The predicted octanol–water partition coefficient (Wildman–Crippen LogP) is 4.08. The van der Waals surface area contributed by atoms with E-state index in [1.54, 1.807) is 0 Å². The van der Waals surface area contributed by atoms with Gasteiger partial charge in [0.05, 0.1) is 17.2 Å². The fourth-order valence-corrected chi connectivity index (χ4v) is 3.10. The van der Waals surface area contributed by atoms with Crippen LogP contribution in [0.4, 0.5) is 5.69 Å². The van der Waals surface area contributed by atoms with Gasteiger partial charge in [-0.05, 0) is 38.8 Å². The van der Waals surface area contributed by atoms with Gasteiger partial charge < -0.3 is 10.1 Å². The maximum absolute atomic E-state index is 9.23. The Morgan fingerprint density at radius 1 is 1.19 bits per heavy atom. The number of nitriles is 1. The van der Waals surface area contributed by atoms with Crippen LogP contribution in [0.1, 0.15) is 32.3 Å². The van der Waals surface area contributed by atoms with E-state index in [0.29, 0.717) is 6.04 Å². The molecule has 2 aromatic carbocycles. The monoisotopic (exact) mass is 280 g/mol. The summed E-state index contributed by atoms with van der Waals surface area (Å²) < 4.78 is 5.77. The van der Waals surface area contributed by atoms with Gasteiger partial charge in [0.2, 0.25) is 0 Å². The van der Waals surface area contributed by atoms with Crippen LogP contribution in [-0.2, 0) is 4.74 Å². The normalized spacial score (nSPS) is 20.9. The molecule has 0 radical (unpaired) electrons. The highest BCUT2D eigenvalue weighted by atomic mass is 16.5. The summed E-state index contributed by atoms with van der Waals surface area (Å²) in [4.78, 5) is 0. The minimum atomic E-state index is -0.0711. The number of nitrogens with zero attached hydrogens (tertiary/aromatic N) is 1. The first-order valence-corrected chi connectivity index (χ1v) is 7.41. The van der Waals surface area contributed by atoms with E-state index < -0.39 is 0 Å². The first-order valence-electron chi connectivity index (χ1n) is 7.41. The van der Waals surface area contributed by atoms with Crippen molar-refractivity contribution in [2.45, 2.75) is 38.3 Å². The fraction of sp³-hybridized carbons (Fsp3) is 0.389. The topological polar surface area (TPSA) is 45.0 Å². The molecule has 1 saturated heterocycles. The number of benzene rings is 2. The minimum absolute atomic E-state index is 0.0711. The van der Waals surface area contributed by atoms with Gasteiger partial charge in [0.1, 0.15) is 0 Å². The number of ether oxygens (including phenoxy) is 1. The molecular weight excluding hydrogens is 260 g/mol. The Morgan fingerprint density at radius 2 is 1.95 bits per heavy atom. The van der Waals surface area contributed by atoms with Crippen LogP contribution < -0.4 is 5.32 Å². The van der Waals surface area contributed by atoms with Gasteiger partial charge in [-0.25, -0.2) is 0 Å². The second kappa shape index (κ2) is 5.38. The van der Waals surface area contributed by atoms with Crippen LogP contribution in [0.2, 0.25) is 0 Å². The molecule has 1 heterocycles. The summed E-state index contributed by atoms with van der Waals surface area (Å²) in [6.45, 7) is 5.06. The smallest absolute Gasteiger partial charge is 0.0998 e. The molecular formula is C18H20N2O. The van der Waals surface area contributed by atoms with Gasteiger partial charge in [-0.15, -0.1) is 0 Å². The van der Waals surface area contributed by atoms with Crippen LogP contribution in [0.3, 0.4) is 0 Å². The van der Waals surface area contributed by atoms with E-state index in [2.05, 4.69) is 31.3 Å². The fourth-order valence-electron chi connectivity index (χ4n) is 3.10. The largest absolute Gasteiger partial charge is 0.382 e. The first-order chi connectivity index (χ1) is 10.1. The highest BCUT2D eigenvalue weighted by Crippen LogP contribution is 2.30. The molecule has 0 aromatic heterocycles. The molecule has 0 bridgehead atoms. The molecule has 3 heteroatoms. The van der Waals surface area contributed by atoms with Crippen LogP contribution in [0, 0.1) is 11.3 Å². The van der Waals surface area contributed by atoms with E-state index in [0.717, 1.165) is 41.5 Å². The number of rotatable bonds is 2. The van der Waals surface area contributed by atoms with Gasteiger partial charge in [-0.3, -0.25) is 0 Å². The molecule has 21 heavy (non-hydrogen) atoms. The third kappa shape index (κ3) is 2.86. The van der Waals surface area contributed by atoms with E-state index in [1.165, 1.54) is 0 Å². The molecule has 1 unspecified atom stereocenters. The molecule has 3 rings (SSSR count). The van der Waals surface area contributed by atoms with Gasteiger partial charge >= 0.3 is 0 Å². The van der Waals surface area contributed by atoms with Crippen molar-refractivity contribution in [1.82, 2.24) is 0 Å². The molecule has 0 spiro atoms. The van der Waals surface area contributed by atoms with Gasteiger partial charge in [-0.1, -0.05) is 24.3 Å². The maximum atomic E-state index is 9.23. The molecule has 0 amide bonds. The zero-order chi connectivity index (χ0) is 14.9. The number of fused-ring (bicyclic) bond motifs is 1.